The van der Waals surface area contributed by atoms with E-state index in [9.17, 15) is 0 Å². The maximum absolute atomic E-state index is 3.85. The van der Waals surface area contributed by atoms with Crippen molar-refractivity contribution in [2.24, 2.45) is 0 Å². The minimum atomic E-state index is 0.931. The number of hydrogen-bond donors (Lipinski definition) is 0. The van der Waals surface area contributed by atoms with Crippen LogP contribution < -0.4 is 0 Å². The van der Waals surface area contributed by atoms with Crippen molar-refractivity contribution in [3.05, 3.63) is 79.4 Å². The Labute approximate surface area is 134 Å². The molecule has 0 N–H and O–H groups in total. The Hall–Kier alpha value is -2.25. The molecule has 4 rings (SSSR count). The first kappa shape index (κ1) is 13.4. The van der Waals surface area contributed by atoms with Crippen molar-refractivity contribution >= 4 is 44.1 Å². The molecule has 0 saturated carbocycles. The fourth-order valence-corrected chi connectivity index (χ4v) is 4.03. The van der Waals surface area contributed by atoms with Gasteiger partial charge in [-0.2, -0.15) is 0 Å². The maximum atomic E-state index is 3.85. The molecular weight excluding hydrogens is 284 g/mol. The van der Waals surface area contributed by atoms with Crippen molar-refractivity contribution in [1.82, 2.24) is 0 Å². The van der Waals surface area contributed by atoms with Crippen LogP contribution in [0.5, 0.6) is 0 Å². The highest BCUT2D eigenvalue weighted by molar-refractivity contribution is 7.99. The maximum Gasteiger partial charge on any atom is 0.0160 e. The molecule has 0 aliphatic rings. The van der Waals surface area contributed by atoms with Gasteiger partial charge in [0.2, 0.25) is 0 Å². The van der Waals surface area contributed by atoms with E-state index in [1.54, 1.807) is 0 Å². The molecule has 0 aromatic heterocycles. The van der Waals surface area contributed by atoms with Crippen molar-refractivity contribution in [3.8, 4) is 0 Å². The van der Waals surface area contributed by atoms with Crippen molar-refractivity contribution in [3.63, 3.8) is 0 Å². The molecule has 4 aromatic carbocycles. The van der Waals surface area contributed by atoms with Gasteiger partial charge in [-0.15, -0.1) is 18.3 Å². The van der Waals surface area contributed by atoms with Gasteiger partial charge in [0.1, 0.15) is 0 Å². The lowest BCUT2D eigenvalue weighted by atomic mass is 9.94. The van der Waals surface area contributed by atoms with Gasteiger partial charge in [0.15, 0.2) is 0 Å². The number of benzene rings is 4. The first-order chi connectivity index (χ1) is 10.9. The quantitative estimate of drug-likeness (QED) is 0.239. The van der Waals surface area contributed by atoms with E-state index < -0.39 is 0 Å². The highest BCUT2D eigenvalue weighted by Crippen LogP contribution is 2.39. The molecule has 0 fully saturated rings. The van der Waals surface area contributed by atoms with Crippen LogP contribution in [0.4, 0.5) is 0 Å². The summed E-state index contributed by atoms with van der Waals surface area (Å²) >= 11 is 1.86. The summed E-state index contributed by atoms with van der Waals surface area (Å²) in [6.45, 7) is 3.85. The van der Waals surface area contributed by atoms with Crippen LogP contribution in [-0.2, 0) is 0 Å². The Morgan fingerprint density at radius 2 is 1.18 bits per heavy atom. The summed E-state index contributed by atoms with van der Waals surface area (Å²) in [6, 6.07) is 24.0. The normalized spacial score (nSPS) is 11.3. The number of thioether (sulfide) groups is 1. The van der Waals surface area contributed by atoms with Crippen LogP contribution in [0.3, 0.4) is 0 Å². The number of fused-ring (bicyclic) bond motifs is 6. The van der Waals surface area contributed by atoms with Gasteiger partial charge >= 0.3 is 0 Å². The van der Waals surface area contributed by atoms with Crippen molar-refractivity contribution < 1.29 is 0 Å². The van der Waals surface area contributed by atoms with E-state index in [2.05, 4.69) is 73.3 Å². The Morgan fingerprint density at radius 3 is 1.77 bits per heavy atom. The third kappa shape index (κ3) is 2.01. The minimum absolute atomic E-state index is 0.931. The molecule has 0 spiro atoms. The lowest BCUT2D eigenvalue weighted by Crippen LogP contribution is -1.85. The molecule has 1 heteroatoms. The Balaban J connectivity index is 2.24. The first-order valence-corrected chi connectivity index (χ1v) is 8.44. The van der Waals surface area contributed by atoms with E-state index in [0.29, 0.717) is 0 Å². The molecule has 22 heavy (non-hydrogen) atoms. The highest BCUT2D eigenvalue weighted by atomic mass is 32.2. The molecular formula is C21H16S. The van der Waals surface area contributed by atoms with Gasteiger partial charge in [0, 0.05) is 16.0 Å². The van der Waals surface area contributed by atoms with E-state index >= 15 is 0 Å². The predicted molar refractivity (Wildman–Crippen MR) is 99.9 cm³/mol. The molecule has 106 valence electrons. The highest BCUT2D eigenvalue weighted by Gasteiger charge is 2.10. The van der Waals surface area contributed by atoms with Gasteiger partial charge in [0.05, 0.1) is 0 Å². The Morgan fingerprint density at radius 1 is 0.682 bits per heavy atom. The smallest absolute Gasteiger partial charge is 0.0160 e. The average Bonchev–Trinajstić information content (AvgIpc) is 2.60. The third-order valence-corrected chi connectivity index (χ3v) is 5.14. The van der Waals surface area contributed by atoms with Gasteiger partial charge in [-0.1, -0.05) is 66.7 Å². The molecule has 0 atom stereocenters. The van der Waals surface area contributed by atoms with Gasteiger partial charge in [-0.05, 0) is 33.0 Å². The molecule has 0 bridgehead atoms. The Kier molecular flexibility index (Phi) is 3.36. The van der Waals surface area contributed by atoms with Crippen molar-refractivity contribution in [2.75, 3.05) is 5.75 Å². The zero-order valence-electron chi connectivity index (χ0n) is 12.3. The zero-order chi connectivity index (χ0) is 14.9. The summed E-state index contributed by atoms with van der Waals surface area (Å²) < 4.78 is 0. The largest absolute Gasteiger partial charge is 0.121 e. The molecule has 4 aromatic rings. The van der Waals surface area contributed by atoms with Crippen LogP contribution in [0.15, 0.2) is 84.3 Å². The predicted octanol–water partition coefficient (Wildman–Crippen LogP) is 6.42. The number of rotatable bonds is 3. The molecule has 0 radical (unpaired) electrons. The lowest BCUT2D eigenvalue weighted by molar-refractivity contribution is 1.56. The van der Waals surface area contributed by atoms with E-state index in [1.165, 1.54) is 37.2 Å². The van der Waals surface area contributed by atoms with E-state index in [0.717, 1.165) is 5.75 Å². The van der Waals surface area contributed by atoms with E-state index in [-0.39, 0.29) is 0 Å². The van der Waals surface area contributed by atoms with E-state index in [1.807, 2.05) is 17.8 Å². The molecule has 0 aliphatic heterocycles. The standard InChI is InChI=1S/C21H16S/c1-2-14-22-20-13-7-12-19-17-9-4-3-8-15(17)16-10-5-6-11-18(16)21(19)20/h2-13H,1,14H2. The van der Waals surface area contributed by atoms with Crippen LogP contribution in [-0.4, -0.2) is 5.75 Å². The van der Waals surface area contributed by atoms with E-state index in [4.69, 9.17) is 0 Å². The van der Waals surface area contributed by atoms with Crippen LogP contribution in [0, 0.1) is 0 Å². The second-order valence-electron chi connectivity index (χ2n) is 5.37. The zero-order valence-corrected chi connectivity index (χ0v) is 13.1. The van der Waals surface area contributed by atoms with Crippen LogP contribution in [0.25, 0.3) is 32.3 Å². The van der Waals surface area contributed by atoms with Gasteiger partial charge in [-0.3, -0.25) is 0 Å². The first-order valence-electron chi connectivity index (χ1n) is 7.46. The summed E-state index contributed by atoms with van der Waals surface area (Å²) in [7, 11) is 0. The monoisotopic (exact) mass is 300 g/mol. The summed E-state index contributed by atoms with van der Waals surface area (Å²) in [5.41, 5.74) is 0. The van der Waals surface area contributed by atoms with Crippen molar-refractivity contribution in [1.29, 1.82) is 0 Å². The molecule has 0 saturated heterocycles. The summed E-state index contributed by atoms with van der Waals surface area (Å²) in [6.07, 6.45) is 1.97. The topological polar surface area (TPSA) is 0 Å². The van der Waals surface area contributed by atoms with Gasteiger partial charge in [-0.25, -0.2) is 0 Å². The second kappa shape index (κ2) is 5.51. The third-order valence-electron chi connectivity index (χ3n) is 4.09. The summed E-state index contributed by atoms with van der Waals surface area (Å²) in [5.74, 6) is 0.931. The molecule has 0 aliphatic carbocycles. The fourth-order valence-electron chi connectivity index (χ4n) is 3.19. The molecule has 0 amide bonds. The molecule has 0 heterocycles. The summed E-state index contributed by atoms with van der Waals surface area (Å²) in [5, 5.41) is 8.03. The molecule has 0 nitrogen and oxygen atoms in total. The fraction of sp³-hybridized carbons (Fsp3) is 0.0476. The lowest BCUT2D eigenvalue weighted by Gasteiger charge is -2.13. The Bertz CT molecular complexity index is 953. The van der Waals surface area contributed by atoms with Crippen LogP contribution in [0.2, 0.25) is 0 Å². The molecule has 0 unspecified atom stereocenters. The van der Waals surface area contributed by atoms with Gasteiger partial charge < -0.3 is 0 Å². The average molecular weight is 300 g/mol. The van der Waals surface area contributed by atoms with Crippen LogP contribution in [0.1, 0.15) is 0 Å². The van der Waals surface area contributed by atoms with Crippen LogP contribution >= 0.6 is 11.8 Å². The van der Waals surface area contributed by atoms with Crippen molar-refractivity contribution in [2.45, 2.75) is 4.90 Å². The SMILES string of the molecule is C=CCSc1cccc2c3ccccc3c3ccccc3c12. The van der Waals surface area contributed by atoms with Gasteiger partial charge in [0.25, 0.3) is 0 Å². The second-order valence-corrected chi connectivity index (χ2v) is 6.43. The number of hydrogen-bond acceptors (Lipinski definition) is 1. The minimum Gasteiger partial charge on any atom is -0.121 e. The summed E-state index contributed by atoms with van der Waals surface area (Å²) in [4.78, 5) is 1.33.